The van der Waals surface area contributed by atoms with Crippen LogP contribution in [0.4, 0.5) is 0 Å². The van der Waals surface area contributed by atoms with Crippen molar-refractivity contribution in [3.63, 3.8) is 0 Å². The number of hydrogen-bond acceptors (Lipinski definition) is 3. The van der Waals surface area contributed by atoms with Gasteiger partial charge in [-0.15, -0.1) is 0 Å². The van der Waals surface area contributed by atoms with Crippen molar-refractivity contribution in [3.05, 3.63) is 0 Å². The number of hydrogen-bond donors (Lipinski definition) is 1. The Hall–Kier alpha value is -1.10. The summed E-state index contributed by atoms with van der Waals surface area (Å²) in [5, 5.41) is 3.55. The van der Waals surface area contributed by atoms with Gasteiger partial charge in [0.2, 0.25) is 11.8 Å². The third-order valence-corrected chi connectivity index (χ3v) is 3.93. The third kappa shape index (κ3) is 3.22. The minimum Gasteiger partial charge on any atom is -0.349 e. The van der Waals surface area contributed by atoms with Gasteiger partial charge in [-0.25, -0.2) is 0 Å². The van der Waals surface area contributed by atoms with Crippen LogP contribution in [0, 0.1) is 0 Å². The van der Waals surface area contributed by atoms with E-state index in [0.717, 1.165) is 19.5 Å². The first-order valence-electron chi connectivity index (χ1n) is 6.80. The van der Waals surface area contributed by atoms with Gasteiger partial charge in [0.1, 0.15) is 0 Å². The van der Waals surface area contributed by atoms with Crippen molar-refractivity contribution in [2.24, 2.45) is 0 Å². The summed E-state index contributed by atoms with van der Waals surface area (Å²) in [6.45, 7) is 1.65. The fourth-order valence-electron chi connectivity index (χ4n) is 2.77. The van der Waals surface area contributed by atoms with E-state index in [-0.39, 0.29) is 11.8 Å². The van der Waals surface area contributed by atoms with Crippen LogP contribution < -0.4 is 5.32 Å². The number of likely N-dealkylation sites (tertiary alicyclic amines) is 1. The second kappa shape index (κ2) is 5.69. The smallest absolute Gasteiger partial charge is 0.223 e. The molecule has 0 aromatic rings. The maximum atomic E-state index is 12.1. The number of nitrogens with one attached hydrogen (secondary N) is 1. The molecule has 2 aliphatic rings. The highest BCUT2D eigenvalue weighted by atomic mass is 16.2. The van der Waals surface area contributed by atoms with Crippen molar-refractivity contribution < 1.29 is 9.59 Å². The van der Waals surface area contributed by atoms with Crippen LogP contribution in [0.5, 0.6) is 0 Å². The number of fused-ring (bicyclic) bond motifs is 2. The van der Waals surface area contributed by atoms with Crippen LogP contribution in [0.3, 0.4) is 0 Å². The minimum absolute atomic E-state index is 0.0258. The third-order valence-electron chi connectivity index (χ3n) is 3.93. The molecule has 0 aliphatic carbocycles. The van der Waals surface area contributed by atoms with Crippen molar-refractivity contribution in [2.45, 2.75) is 44.2 Å². The van der Waals surface area contributed by atoms with Crippen molar-refractivity contribution in [2.75, 3.05) is 27.2 Å². The van der Waals surface area contributed by atoms with Gasteiger partial charge in [-0.3, -0.25) is 9.59 Å². The summed E-state index contributed by atoms with van der Waals surface area (Å²) in [6, 6.07) is 1.06. The Balaban J connectivity index is 1.80. The quantitative estimate of drug-likeness (QED) is 0.782. The van der Waals surface area contributed by atoms with Gasteiger partial charge < -0.3 is 15.1 Å². The number of nitrogens with zero attached hydrogens (tertiary/aromatic N) is 2. The van der Waals surface area contributed by atoms with E-state index in [9.17, 15) is 9.59 Å². The van der Waals surface area contributed by atoms with Gasteiger partial charge in [0, 0.05) is 52.1 Å². The van der Waals surface area contributed by atoms with Crippen molar-refractivity contribution >= 4 is 11.8 Å². The summed E-state index contributed by atoms with van der Waals surface area (Å²) in [4.78, 5) is 27.0. The molecular formula is C13H23N3O2. The molecule has 5 nitrogen and oxygen atoms in total. The van der Waals surface area contributed by atoms with Gasteiger partial charge in [0.15, 0.2) is 0 Å². The first kappa shape index (κ1) is 13.3. The zero-order valence-electron chi connectivity index (χ0n) is 11.3. The van der Waals surface area contributed by atoms with Crippen LogP contribution in [0.15, 0.2) is 0 Å². The zero-order chi connectivity index (χ0) is 13.1. The Morgan fingerprint density at radius 3 is 2.61 bits per heavy atom. The van der Waals surface area contributed by atoms with Gasteiger partial charge in [-0.2, -0.15) is 0 Å². The number of rotatable bonds is 3. The Morgan fingerprint density at radius 1 is 1.17 bits per heavy atom. The van der Waals surface area contributed by atoms with Crippen molar-refractivity contribution in [1.29, 1.82) is 0 Å². The van der Waals surface area contributed by atoms with E-state index in [1.54, 1.807) is 19.0 Å². The molecule has 2 rings (SSSR count). The summed E-state index contributed by atoms with van der Waals surface area (Å²) in [5.41, 5.74) is 0. The van der Waals surface area contributed by atoms with Crippen LogP contribution in [0.1, 0.15) is 32.1 Å². The van der Waals surface area contributed by atoms with Crippen LogP contribution in [-0.4, -0.2) is 60.9 Å². The van der Waals surface area contributed by atoms with Crippen LogP contribution in [0.25, 0.3) is 0 Å². The fourth-order valence-corrected chi connectivity index (χ4v) is 2.77. The maximum Gasteiger partial charge on any atom is 0.223 e. The van der Waals surface area contributed by atoms with E-state index < -0.39 is 0 Å². The molecule has 1 N–H and O–H groups in total. The topological polar surface area (TPSA) is 52.7 Å². The van der Waals surface area contributed by atoms with Gasteiger partial charge in [-0.05, 0) is 19.3 Å². The molecule has 0 aromatic carbocycles. The van der Waals surface area contributed by atoms with E-state index in [4.69, 9.17) is 0 Å². The van der Waals surface area contributed by atoms with Crippen LogP contribution in [0.2, 0.25) is 0 Å². The predicted octanol–water partition coefficient (Wildman–Crippen LogP) is 0.208. The van der Waals surface area contributed by atoms with Gasteiger partial charge in [0.05, 0.1) is 0 Å². The molecule has 2 saturated heterocycles. The second-order valence-corrected chi connectivity index (χ2v) is 5.55. The highest BCUT2D eigenvalue weighted by Gasteiger charge is 2.30. The molecule has 2 atom stereocenters. The molecular weight excluding hydrogens is 230 g/mol. The molecule has 2 unspecified atom stereocenters. The lowest BCUT2D eigenvalue weighted by molar-refractivity contribution is -0.136. The SMILES string of the molecule is CN(C)C(=O)CCC(=O)N1CCC2CCC(C1)N2. The average molecular weight is 253 g/mol. The largest absolute Gasteiger partial charge is 0.349 e. The van der Waals surface area contributed by atoms with Crippen LogP contribution >= 0.6 is 0 Å². The summed E-state index contributed by atoms with van der Waals surface area (Å²) < 4.78 is 0. The molecule has 0 spiro atoms. The standard InChI is InChI=1S/C13H23N3O2/c1-15(2)12(17)5-6-13(18)16-8-7-10-3-4-11(9-16)14-10/h10-11,14H,3-9H2,1-2H3. The molecule has 0 radical (unpaired) electrons. The van der Waals surface area contributed by atoms with E-state index in [2.05, 4.69) is 5.32 Å². The lowest BCUT2D eigenvalue weighted by atomic mass is 10.1. The molecule has 2 heterocycles. The summed E-state index contributed by atoms with van der Waals surface area (Å²) in [6.07, 6.45) is 4.12. The Labute approximate surface area is 108 Å². The van der Waals surface area contributed by atoms with Crippen molar-refractivity contribution in [3.8, 4) is 0 Å². The molecule has 5 heteroatoms. The summed E-state index contributed by atoms with van der Waals surface area (Å²) in [5.74, 6) is 0.150. The van der Waals surface area contributed by atoms with Gasteiger partial charge in [-0.1, -0.05) is 0 Å². The highest BCUT2D eigenvalue weighted by Crippen LogP contribution is 2.20. The molecule has 2 aliphatic heterocycles. The van der Waals surface area contributed by atoms with Crippen LogP contribution in [-0.2, 0) is 9.59 Å². The predicted molar refractivity (Wildman–Crippen MR) is 69.1 cm³/mol. The second-order valence-electron chi connectivity index (χ2n) is 5.55. The first-order chi connectivity index (χ1) is 8.56. The molecule has 18 heavy (non-hydrogen) atoms. The van der Waals surface area contributed by atoms with Crippen molar-refractivity contribution in [1.82, 2.24) is 15.1 Å². The molecule has 102 valence electrons. The normalized spacial score (nSPS) is 26.9. The van der Waals surface area contributed by atoms with E-state index in [1.165, 1.54) is 12.8 Å². The fraction of sp³-hybridized carbons (Fsp3) is 0.846. The Morgan fingerprint density at radius 2 is 1.89 bits per heavy atom. The van der Waals surface area contributed by atoms with E-state index >= 15 is 0 Å². The molecule has 0 aromatic heterocycles. The lowest BCUT2D eigenvalue weighted by Gasteiger charge is -2.24. The number of carbonyl (C=O) groups is 2. The maximum absolute atomic E-state index is 12.1. The molecule has 0 saturated carbocycles. The minimum atomic E-state index is 0.0258. The number of carbonyl (C=O) groups excluding carboxylic acids is 2. The Bertz CT molecular complexity index is 330. The summed E-state index contributed by atoms with van der Waals surface area (Å²) in [7, 11) is 3.45. The highest BCUT2D eigenvalue weighted by molar-refractivity contribution is 5.83. The average Bonchev–Trinajstić information content (AvgIpc) is 2.65. The van der Waals surface area contributed by atoms with Gasteiger partial charge in [0.25, 0.3) is 0 Å². The van der Waals surface area contributed by atoms with E-state index in [0.29, 0.717) is 24.9 Å². The lowest BCUT2D eigenvalue weighted by Crippen LogP contribution is -2.39. The Kier molecular flexibility index (Phi) is 4.22. The first-order valence-corrected chi connectivity index (χ1v) is 6.80. The molecule has 2 bridgehead atoms. The molecule has 2 amide bonds. The van der Waals surface area contributed by atoms with Gasteiger partial charge >= 0.3 is 0 Å². The van der Waals surface area contributed by atoms with E-state index in [1.807, 2.05) is 4.90 Å². The zero-order valence-corrected chi connectivity index (χ0v) is 11.3. The molecule has 2 fully saturated rings. The monoisotopic (exact) mass is 253 g/mol. The number of amides is 2. The summed E-state index contributed by atoms with van der Waals surface area (Å²) >= 11 is 0.